The highest BCUT2D eigenvalue weighted by Gasteiger charge is 2.44. The largest absolute Gasteiger partial charge is 0.394 e. The van der Waals surface area contributed by atoms with Crippen molar-refractivity contribution in [2.75, 3.05) is 6.61 Å². The fraction of sp³-hybridized carbons (Fsp3) is 0.600. The maximum atomic E-state index is 11.8. The Bertz CT molecular complexity index is 716. The maximum Gasteiger partial charge on any atom is 0.330 e. The van der Waals surface area contributed by atoms with Crippen LogP contribution < -0.4 is 11.2 Å². The van der Waals surface area contributed by atoms with E-state index in [1.165, 1.54) is 13.1 Å². The first-order valence-corrected chi connectivity index (χ1v) is 9.52. The molecule has 1 aliphatic rings. The van der Waals surface area contributed by atoms with Crippen molar-refractivity contribution in [3.63, 3.8) is 0 Å². The van der Waals surface area contributed by atoms with E-state index in [1.807, 2.05) is 0 Å². The Kier molecular flexibility index (Phi) is 5.09. The van der Waals surface area contributed by atoms with Gasteiger partial charge >= 0.3 is 5.69 Å². The molecule has 4 atom stereocenters. The minimum Gasteiger partial charge on any atom is -0.394 e. The summed E-state index contributed by atoms with van der Waals surface area (Å²) in [5.74, 6) is 0. The van der Waals surface area contributed by atoms with Crippen LogP contribution in [0.3, 0.4) is 0 Å². The van der Waals surface area contributed by atoms with Crippen molar-refractivity contribution in [2.24, 2.45) is 0 Å². The molecule has 1 aliphatic heterocycles. The van der Waals surface area contributed by atoms with Gasteiger partial charge in [0.05, 0.1) is 18.0 Å². The summed E-state index contributed by atoms with van der Waals surface area (Å²) in [5.41, 5.74) is -1.18. The molecule has 0 aromatic carbocycles. The number of nitrogens with one attached hydrogen (secondary N) is 1. The maximum absolute atomic E-state index is 11.8. The average Bonchev–Trinajstić information content (AvgIpc) is 2.69. The van der Waals surface area contributed by atoms with Gasteiger partial charge in [0, 0.05) is 11.8 Å². The second-order valence-electron chi connectivity index (χ2n) is 4.86. The van der Waals surface area contributed by atoms with E-state index >= 15 is 0 Å². The van der Waals surface area contributed by atoms with Crippen molar-refractivity contribution in [3.05, 3.63) is 32.6 Å². The van der Waals surface area contributed by atoms with Gasteiger partial charge in [-0.1, -0.05) is 0 Å². The summed E-state index contributed by atoms with van der Waals surface area (Å²) < 4.78 is 6.31. The number of rotatable bonds is 3. The van der Waals surface area contributed by atoms with Gasteiger partial charge < -0.3 is 29.6 Å². The third-order valence-corrected chi connectivity index (χ3v) is 6.17. The zero-order valence-electron chi connectivity index (χ0n) is 11.4. The second-order valence-corrected chi connectivity index (χ2v) is 9.06. The van der Waals surface area contributed by atoms with Gasteiger partial charge in [0.15, 0.2) is 6.23 Å². The van der Waals surface area contributed by atoms with Crippen LogP contribution in [0.25, 0.3) is 0 Å². The van der Waals surface area contributed by atoms with Gasteiger partial charge in [0.25, 0.3) is 12.3 Å². The lowest BCUT2D eigenvalue weighted by Crippen LogP contribution is -2.38. The summed E-state index contributed by atoms with van der Waals surface area (Å²) in [6.45, 7) is -3.32. The Hall–Kier alpha value is -0.780. The number of H-pyrrole nitrogens is 1. The van der Waals surface area contributed by atoms with Crippen LogP contribution in [0.5, 0.6) is 0 Å². The molecule has 22 heavy (non-hydrogen) atoms. The zero-order chi connectivity index (χ0) is 16.7. The molecular formula is C10H17N2O8PS. The van der Waals surface area contributed by atoms with E-state index in [9.17, 15) is 19.8 Å². The number of thiol groups is 1. The van der Waals surface area contributed by atoms with Crippen molar-refractivity contribution in [2.45, 2.75) is 30.6 Å². The first-order chi connectivity index (χ1) is 10.1. The Morgan fingerprint density at radius 1 is 1.41 bits per heavy atom. The van der Waals surface area contributed by atoms with E-state index in [0.717, 1.165) is 4.57 Å². The van der Waals surface area contributed by atoms with E-state index < -0.39 is 48.3 Å². The van der Waals surface area contributed by atoms with Crippen molar-refractivity contribution < 1.29 is 29.6 Å². The van der Waals surface area contributed by atoms with Crippen molar-refractivity contribution in [1.82, 2.24) is 9.55 Å². The van der Waals surface area contributed by atoms with Gasteiger partial charge in [-0.15, -0.1) is 10.9 Å². The summed E-state index contributed by atoms with van der Waals surface area (Å²) in [5, 5.41) is 18.5. The predicted octanol–water partition coefficient (Wildman–Crippen LogP) is -3.07. The van der Waals surface area contributed by atoms with Crippen LogP contribution in [0.15, 0.2) is 15.8 Å². The Morgan fingerprint density at radius 2 is 2.05 bits per heavy atom. The van der Waals surface area contributed by atoms with Crippen molar-refractivity contribution >= 4 is 17.7 Å². The fourth-order valence-corrected chi connectivity index (χ4v) is 5.09. The van der Waals surface area contributed by atoms with Gasteiger partial charge in [-0.3, -0.25) is 14.3 Å². The molecule has 0 radical (unpaired) electrons. The Balaban J connectivity index is 2.45. The van der Waals surface area contributed by atoms with E-state index in [1.54, 1.807) is 0 Å². The lowest BCUT2D eigenvalue weighted by molar-refractivity contribution is -0.0531. The number of aliphatic hydroxyl groups is 2. The van der Waals surface area contributed by atoms with E-state index in [2.05, 4.69) is 4.98 Å². The molecule has 0 saturated carbocycles. The molecule has 2 rings (SSSR count). The molecule has 6 N–H and O–H groups in total. The first-order valence-electron chi connectivity index (χ1n) is 6.20. The normalized spacial score (nSPS) is 29.0. The number of aromatic amines is 1. The summed E-state index contributed by atoms with van der Waals surface area (Å²) in [4.78, 5) is 52.7. The number of aromatic nitrogens is 2. The van der Waals surface area contributed by atoms with E-state index in [-0.39, 0.29) is 16.5 Å². The Labute approximate surface area is 127 Å². The lowest BCUT2D eigenvalue weighted by atomic mass is 10.2. The Morgan fingerprint density at radius 3 is 2.59 bits per heavy atom. The highest BCUT2D eigenvalue weighted by molar-refractivity contribution is 8.16. The van der Waals surface area contributed by atoms with Gasteiger partial charge in [-0.2, -0.15) is 0 Å². The second kappa shape index (κ2) is 6.38. The number of nitrogens with zero attached hydrogens (tertiary/aromatic N) is 1. The third-order valence-electron chi connectivity index (χ3n) is 3.23. The molecule has 0 aliphatic carbocycles. The van der Waals surface area contributed by atoms with E-state index in [4.69, 9.17) is 19.4 Å². The summed E-state index contributed by atoms with van der Waals surface area (Å²) in [7, 11) is -0.294. The minimum atomic E-state index is -4.22. The van der Waals surface area contributed by atoms with Crippen LogP contribution in [-0.2, 0) is 15.7 Å². The smallest absolute Gasteiger partial charge is 0.330 e. The molecule has 1 aromatic heterocycles. The molecule has 0 spiro atoms. The fourth-order valence-electron chi connectivity index (χ4n) is 2.21. The van der Waals surface area contributed by atoms with Crippen molar-refractivity contribution in [1.29, 1.82) is 0 Å². The third kappa shape index (κ3) is 3.58. The molecule has 10 nitrogen and oxygen atoms in total. The van der Waals surface area contributed by atoms with Crippen LogP contribution in [0.4, 0.5) is 0 Å². The van der Waals surface area contributed by atoms with Gasteiger partial charge in [-0.25, -0.2) is 4.79 Å². The number of aryl methyl sites for hydroxylation is 1. The zero-order valence-corrected chi connectivity index (χ0v) is 13.2. The van der Waals surface area contributed by atoms with Crippen LogP contribution >= 0.6 is 6.72 Å². The molecule has 1 saturated heterocycles. The number of ether oxygens (including phenoxy) is 1. The molecule has 126 valence electrons. The number of aliphatic hydroxyl groups excluding tert-OH is 2. The average molecular weight is 356 g/mol. The van der Waals surface area contributed by atoms with Crippen LogP contribution in [0, 0.1) is 6.92 Å². The van der Waals surface area contributed by atoms with Crippen LogP contribution in [-0.4, -0.2) is 58.5 Å². The molecule has 0 unspecified atom stereocenters. The van der Waals surface area contributed by atoms with Gasteiger partial charge in [0.2, 0.25) is 0 Å². The highest BCUT2D eigenvalue weighted by Crippen LogP contribution is 2.38. The molecule has 2 heterocycles. The summed E-state index contributed by atoms with van der Waals surface area (Å²) in [6.07, 6.45) is -2.44. The number of hydrogen-bond acceptors (Lipinski definition) is 5. The highest BCUT2D eigenvalue weighted by atomic mass is 32.5. The van der Waals surface area contributed by atoms with Crippen LogP contribution in [0.2, 0.25) is 0 Å². The topological polar surface area (TPSA) is 165 Å². The lowest BCUT2D eigenvalue weighted by Gasteiger charge is -2.18. The van der Waals surface area contributed by atoms with Gasteiger partial charge in [0.1, 0.15) is 6.10 Å². The summed E-state index contributed by atoms with van der Waals surface area (Å²) in [6, 6.07) is 0. The first kappa shape index (κ1) is 17.6. The van der Waals surface area contributed by atoms with Crippen LogP contribution in [0.1, 0.15) is 11.8 Å². The molecule has 12 heteroatoms. The molecule has 1 aromatic rings. The SMILES string of the molecule is Cc1cn([C@@H]2O[C@H](CO)[C@@H]([SH]=P(O)(O)O)[C@@H]2O)c(=O)[nH]c1=O. The molecular weight excluding hydrogens is 339 g/mol. The molecule has 0 amide bonds. The number of hydrogen-bond donors (Lipinski definition) is 7. The monoisotopic (exact) mass is 356 g/mol. The molecule has 0 bridgehead atoms. The quantitative estimate of drug-likeness (QED) is 0.221. The molecule has 1 fully saturated rings. The summed E-state index contributed by atoms with van der Waals surface area (Å²) >= 11 is 0. The van der Waals surface area contributed by atoms with E-state index in [0.29, 0.717) is 0 Å². The van der Waals surface area contributed by atoms with Crippen molar-refractivity contribution in [3.8, 4) is 0 Å². The predicted molar refractivity (Wildman–Crippen MR) is 79.2 cm³/mol. The standard InChI is InChI=1S/C10H17N2O8PS/c1-4-2-12(10(16)11-8(4)15)9-6(14)7(5(3-13)20-9)22-21(17,18)19/h2,5-7,9,13-14,17-19,22H,3H2,1H3,(H,11,15,16)/t5-,6+,7-,9-/m1/s1. The minimum absolute atomic E-state index is 0.213. The van der Waals surface area contributed by atoms with Gasteiger partial charge in [-0.05, 0) is 6.92 Å².